The Balaban J connectivity index is 0.000000219. The van der Waals surface area contributed by atoms with Crippen molar-refractivity contribution in [3.05, 3.63) is 42.2 Å². The van der Waals surface area contributed by atoms with E-state index in [-0.39, 0.29) is 0 Å². The molecule has 2 N–H and O–H groups in total. The molecule has 2 fully saturated rings. The van der Waals surface area contributed by atoms with Gasteiger partial charge in [-0.1, -0.05) is 19.3 Å². The minimum Gasteiger partial charge on any atom is -0.372 e. The van der Waals surface area contributed by atoms with Crippen LogP contribution in [0.15, 0.2) is 36.5 Å². The highest BCUT2D eigenvalue weighted by Gasteiger charge is 2.10. The van der Waals surface area contributed by atoms with Crippen LogP contribution in [0, 0.1) is 6.92 Å². The molecule has 2 aromatic rings. The third-order valence-electron chi connectivity index (χ3n) is 5.21. The molecule has 1 saturated carbocycles. The lowest BCUT2D eigenvalue weighted by Crippen LogP contribution is -2.29. The van der Waals surface area contributed by atoms with Crippen LogP contribution in [-0.2, 0) is 0 Å². The molecule has 4 heteroatoms. The molecule has 0 atom stereocenters. The average molecular weight is 341 g/mol. The average Bonchev–Trinajstić information content (AvgIpc) is 3.10. The normalized spacial score (nSPS) is 18.6. The number of piperidine rings is 1. The smallest absolute Gasteiger partial charge is 0.0647 e. The molecule has 0 spiro atoms. The van der Waals surface area contributed by atoms with E-state index in [9.17, 15) is 0 Å². The minimum absolute atomic E-state index is 0.536. The van der Waals surface area contributed by atoms with Crippen molar-refractivity contribution in [2.75, 3.05) is 18.0 Å². The first-order chi connectivity index (χ1) is 12.2. The molecule has 1 aromatic heterocycles. The Morgan fingerprint density at radius 2 is 1.44 bits per heavy atom. The largest absolute Gasteiger partial charge is 0.372 e. The zero-order valence-corrected chi connectivity index (χ0v) is 15.5. The van der Waals surface area contributed by atoms with Crippen molar-refractivity contribution in [2.45, 2.75) is 64.3 Å². The molecule has 1 saturated heterocycles. The SMILES string of the molecule is Cc1ccn(-c2ccc(N3CCCCC3)cc2)n1.NC1CCCCC1. The first-order valence-electron chi connectivity index (χ1n) is 9.85. The van der Waals surface area contributed by atoms with Crippen molar-refractivity contribution in [1.82, 2.24) is 9.78 Å². The van der Waals surface area contributed by atoms with Crippen molar-refractivity contribution in [3.8, 4) is 5.69 Å². The Morgan fingerprint density at radius 1 is 0.840 bits per heavy atom. The van der Waals surface area contributed by atoms with Gasteiger partial charge in [0.1, 0.15) is 0 Å². The second kappa shape index (κ2) is 9.04. The molecule has 1 aliphatic heterocycles. The lowest BCUT2D eigenvalue weighted by molar-refractivity contribution is 0.441. The molecule has 0 unspecified atom stereocenters. The molecular weight excluding hydrogens is 308 g/mol. The van der Waals surface area contributed by atoms with Crippen molar-refractivity contribution < 1.29 is 0 Å². The molecule has 25 heavy (non-hydrogen) atoms. The van der Waals surface area contributed by atoms with Gasteiger partial charge in [-0.3, -0.25) is 0 Å². The number of nitrogens with zero attached hydrogens (tertiary/aromatic N) is 3. The zero-order valence-electron chi connectivity index (χ0n) is 15.5. The van der Waals surface area contributed by atoms with E-state index in [0.29, 0.717) is 6.04 Å². The topological polar surface area (TPSA) is 47.1 Å². The molecule has 0 bridgehead atoms. The molecule has 4 rings (SSSR count). The fraction of sp³-hybridized carbons (Fsp3) is 0.571. The highest BCUT2D eigenvalue weighted by molar-refractivity contribution is 5.51. The Kier molecular flexibility index (Phi) is 6.51. The summed E-state index contributed by atoms with van der Waals surface area (Å²) in [6.07, 6.45) is 12.7. The predicted molar refractivity (Wildman–Crippen MR) is 105 cm³/mol. The Bertz CT molecular complexity index is 620. The molecule has 0 radical (unpaired) electrons. The summed E-state index contributed by atoms with van der Waals surface area (Å²) in [4.78, 5) is 2.47. The van der Waals surface area contributed by atoms with Gasteiger partial charge in [0.25, 0.3) is 0 Å². The van der Waals surface area contributed by atoms with Gasteiger partial charge in [-0.15, -0.1) is 0 Å². The molecule has 0 amide bonds. The van der Waals surface area contributed by atoms with Gasteiger partial charge >= 0.3 is 0 Å². The summed E-state index contributed by atoms with van der Waals surface area (Å²) in [5.74, 6) is 0. The summed E-state index contributed by atoms with van der Waals surface area (Å²) in [5.41, 5.74) is 9.15. The highest BCUT2D eigenvalue weighted by Crippen LogP contribution is 2.21. The van der Waals surface area contributed by atoms with Crippen molar-refractivity contribution in [3.63, 3.8) is 0 Å². The van der Waals surface area contributed by atoms with Crippen molar-refractivity contribution >= 4 is 5.69 Å². The number of anilines is 1. The molecule has 1 aromatic carbocycles. The van der Waals surface area contributed by atoms with Gasteiger partial charge in [0.2, 0.25) is 0 Å². The standard InChI is InChI=1S/C15H19N3.C6H13N/c1-13-9-12-18(16-13)15-7-5-14(6-8-15)17-10-3-2-4-11-17;7-6-4-2-1-3-5-6/h5-9,12H,2-4,10-11H2,1H3;6H,1-5,7H2. The monoisotopic (exact) mass is 340 g/mol. The van der Waals surface area contributed by atoms with E-state index in [2.05, 4.69) is 34.3 Å². The van der Waals surface area contributed by atoms with E-state index in [4.69, 9.17) is 5.73 Å². The van der Waals surface area contributed by atoms with Gasteiger partial charge in [0, 0.05) is 31.0 Å². The summed E-state index contributed by atoms with van der Waals surface area (Å²) in [5, 5.41) is 4.43. The van der Waals surface area contributed by atoms with Gasteiger partial charge < -0.3 is 10.6 Å². The van der Waals surface area contributed by atoms with E-state index in [1.165, 1.54) is 70.1 Å². The second-order valence-electron chi connectivity index (χ2n) is 7.36. The fourth-order valence-electron chi connectivity index (χ4n) is 3.66. The van der Waals surface area contributed by atoms with Gasteiger partial charge in [0.15, 0.2) is 0 Å². The van der Waals surface area contributed by atoms with Crippen LogP contribution < -0.4 is 10.6 Å². The number of hydrogen-bond acceptors (Lipinski definition) is 3. The van der Waals surface area contributed by atoms with Gasteiger partial charge in [0.05, 0.1) is 11.4 Å². The molecule has 2 aliphatic rings. The van der Waals surface area contributed by atoms with Gasteiger partial charge in [-0.05, 0) is 69.4 Å². The number of aromatic nitrogens is 2. The Labute approximate surface area is 152 Å². The third-order valence-corrected chi connectivity index (χ3v) is 5.21. The van der Waals surface area contributed by atoms with Crippen molar-refractivity contribution in [1.29, 1.82) is 0 Å². The molecular formula is C21H32N4. The summed E-state index contributed by atoms with van der Waals surface area (Å²) >= 11 is 0. The first kappa shape index (κ1) is 18.0. The van der Waals surface area contributed by atoms with Crippen LogP contribution in [0.1, 0.15) is 57.1 Å². The van der Waals surface area contributed by atoms with E-state index < -0.39 is 0 Å². The highest BCUT2D eigenvalue weighted by atomic mass is 15.3. The van der Waals surface area contributed by atoms with Crippen LogP contribution >= 0.6 is 0 Å². The van der Waals surface area contributed by atoms with E-state index in [0.717, 1.165) is 11.4 Å². The number of nitrogens with two attached hydrogens (primary N) is 1. The van der Waals surface area contributed by atoms with Crippen LogP contribution in [0.25, 0.3) is 5.69 Å². The maximum atomic E-state index is 5.63. The molecule has 4 nitrogen and oxygen atoms in total. The Hall–Kier alpha value is -1.81. The summed E-state index contributed by atoms with van der Waals surface area (Å²) < 4.78 is 1.93. The van der Waals surface area contributed by atoms with Crippen LogP contribution in [0.5, 0.6) is 0 Å². The lowest BCUT2D eigenvalue weighted by atomic mass is 9.97. The Morgan fingerprint density at radius 3 is 1.96 bits per heavy atom. The molecule has 136 valence electrons. The van der Waals surface area contributed by atoms with E-state index >= 15 is 0 Å². The number of aryl methyl sites for hydroxylation is 1. The third kappa shape index (κ3) is 5.33. The first-order valence-corrected chi connectivity index (χ1v) is 9.85. The number of hydrogen-bond donors (Lipinski definition) is 1. The fourth-order valence-corrected chi connectivity index (χ4v) is 3.66. The zero-order chi connectivity index (χ0) is 17.5. The van der Waals surface area contributed by atoms with Crippen LogP contribution in [-0.4, -0.2) is 28.9 Å². The van der Waals surface area contributed by atoms with Gasteiger partial charge in [-0.2, -0.15) is 5.10 Å². The van der Waals surface area contributed by atoms with Crippen LogP contribution in [0.4, 0.5) is 5.69 Å². The van der Waals surface area contributed by atoms with E-state index in [1.54, 1.807) is 0 Å². The summed E-state index contributed by atoms with van der Waals surface area (Å²) in [6.45, 7) is 4.40. The summed E-state index contributed by atoms with van der Waals surface area (Å²) in [7, 11) is 0. The maximum Gasteiger partial charge on any atom is 0.0647 e. The lowest BCUT2D eigenvalue weighted by Gasteiger charge is -2.28. The molecule has 2 heterocycles. The summed E-state index contributed by atoms with van der Waals surface area (Å²) in [6, 6.07) is 11.3. The number of rotatable bonds is 2. The quantitative estimate of drug-likeness (QED) is 0.878. The minimum atomic E-state index is 0.536. The second-order valence-corrected chi connectivity index (χ2v) is 7.36. The molecule has 1 aliphatic carbocycles. The maximum absolute atomic E-state index is 5.63. The number of benzene rings is 1. The predicted octanol–water partition coefficient (Wildman–Crippen LogP) is 4.45. The van der Waals surface area contributed by atoms with Crippen LogP contribution in [0.3, 0.4) is 0 Å². The van der Waals surface area contributed by atoms with Crippen molar-refractivity contribution in [2.24, 2.45) is 5.73 Å². The van der Waals surface area contributed by atoms with Crippen LogP contribution in [0.2, 0.25) is 0 Å². The van der Waals surface area contributed by atoms with Gasteiger partial charge in [-0.25, -0.2) is 4.68 Å². The van der Waals surface area contributed by atoms with E-state index in [1.807, 2.05) is 23.9 Å².